The van der Waals surface area contributed by atoms with Gasteiger partial charge in [-0.25, -0.2) is 0 Å². The van der Waals surface area contributed by atoms with Crippen molar-refractivity contribution >= 4 is 0 Å². The van der Waals surface area contributed by atoms with Gasteiger partial charge in [-0.1, -0.05) is 18.6 Å². The number of nitrogens with zero attached hydrogens (tertiary/aromatic N) is 1. The number of benzene rings is 1. The van der Waals surface area contributed by atoms with Gasteiger partial charge < -0.3 is 4.74 Å². The third-order valence-corrected chi connectivity index (χ3v) is 4.35. The predicted octanol–water partition coefficient (Wildman–Crippen LogP) is 3.38. The van der Waals surface area contributed by atoms with Crippen LogP contribution in [0.15, 0.2) is 24.3 Å². The number of piperidine rings is 1. The first kappa shape index (κ1) is 11.1. The van der Waals surface area contributed by atoms with Gasteiger partial charge >= 0.3 is 0 Å². The van der Waals surface area contributed by atoms with Gasteiger partial charge in [0.2, 0.25) is 0 Å². The molecule has 1 aromatic carbocycles. The summed E-state index contributed by atoms with van der Waals surface area (Å²) in [6.45, 7) is 1.29. The van der Waals surface area contributed by atoms with Crippen LogP contribution in [0.5, 0.6) is 5.75 Å². The maximum Gasteiger partial charge on any atom is 0.118 e. The van der Waals surface area contributed by atoms with E-state index in [2.05, 4.69) is 29.2 Å². The molecule has 0 aliphatic carbocycles. The summed E-state index contributed by atoms with van der Waals surface area (Å²) in [6.07, 6.45) is 6.93. The normalized spacial score (nSPS) is 29.0. The Morgan fingerprint density at radius 3 is 2.65 bits per heavy atom. The van der Waals surface area contributed by atoms with E-state index in [0.29, 0.717) is 6.04 Å². The lowest BCUT2D eigenvalue weighted by molar-refractivity contribution is 0.150. The Morgan fingerprint density at radius 2 is 1.88 bits per heavy atom. The van der Waals surface area contributed by atoms with Crippen molar-refractivity contribution in [2.75, 3.05) is 13.7 Å². The second-order valence-corrected chi connectivity index (χ2v) is 5.25. The SMILES string of the molecule is COc1ccc([C@H]2CC[C@H]3CCCCN32)cc1. The highest BCUT2D eigenvalue weighted by Gasteiger charge is 2.35. The van der Waals surface area contributed by atoms with Gasteiger partial charge in [0.05, 0.1) is 7.11 Å². The Morgan fingerprint density at radius 1 is 1.06 bits per heavy atom. The zero-order valence-electron chi connectivity index (χ0n) is 10.6. The Kier molecular flexibility index (Phi) is 3.06. The largest absolute Gasteiger partial charge is 0.497 e. The summed E-state index contributed by atoms with van der Waals surface area (Å²) in [5.74, 6) is 0.960. The van der Waals surface area contributed by atoms with Crippen molar-refractivity contribution < 1.29 is 4.74 Å². The second-order valence-electron chi connectivity index (χ2n) is 5.25. The highest BCUT2D eigenvalue weighted by Crippen LogP contribution is 2.40. The number of hydrogen-bond donors (Lipinski definition) is 0. The predicted molar refractivity (Wildman–Crippen MR) is 69.3 cm³/mol. The summed E-state index contributed by atoms with van der Waals surface area (Å²) in [4.78, 5) is 2.73. The fourth-order valence-electron chi connectivity index (χ4n) is 3.44. The maximum atomic E-state index is 5.22. The molecule has 0 N–H and O–H groups in total. The van der Waals surface area contributed by atoms with E-state index in [1.807, 2.05) is 0 Å². The van der Waals surface area contributed by atoms with Crippen molar-refractivity contribution in [3.8, 4) is 5.75 Å². The average molecular weight is 231 g/mol. The Bertz CT molecular complexity index is 373. The lowest BCUT2D eigenvalue weighted by Gasteiger charge is -2.34. The first-order valence-electron chi connectivity index (χ1n) is 6.78. The van der Waals surface area contributed by atoms with Crippen molar-refractivity contribution in [1.82, 2.24) is 4.90 Å². The van der Waals surface area contributed by atoms with Gasteiger partial charge in [0.15, 0.2) is 0 Å². The van der Waals surface area contributed by atoms with Crippen LogP contribution in [0.1, 0.15) is 43.7 Å². The topological polar surface area (TPSA) is 12.5 Å². The summed E-state index contributed by atoms with van der Waals surface area (Å²) < 4.78 is 5.22. The Labute approximate surface area is 104 Å². The van der Waals surface area contributed by atoms with Gasteiger partial charge in [0, 0.05) is 12.1 Å². The minimum absolute atomic E-state index is 0.659. The molecule has 0 radical (unpaired) electrons. The van der Waals surface area contributed by atoms with E-state index in [9.17, 15) is 0 Å². The molecule has 2 aliphatic rings. The molecule has 1 aromatic rings. The molecule has 2 fully saturated rings. The molecule has 0 unspecified atom stereocenters. The number of fused-ring (bicyclic) bond motifs is 1. The number of ether oxygens (including phenoxy) is 1. The van der Waals surface area contributed by atoms with Crippen molar-refractivity contribution in [2.45, 2.75) is 44.2 Å². The van der Waals surface area contributed by atoms with Crippen LogP contribution < -0.4 is 4.74 Å². The van der Waals surface area contributed by atoms with Crippen molar-refractivity contribution in [3.63, 3.8) is 0 Å². The van der Waals surface area contributed by atoms with E-state index in [4.69, 9.17) is 4.74 Å². The molecule has 0 spiro atoms. The summed E-state index contributed by atoms with van der Waals surface area (Å²) in [5.41, 5.74) is 1.47. The molecule has 0 bridgehead atoms. The molecule has 0 amide bonds. The van der Waals surface area contributed by atoms with Crippen LogP contribution in [-0.2, 0) is 0 Å². The molecular formula is C15H21NO. The van der Waals surface area contributed by atoms with Crippen LogP contribution in [0, 0.1) is 0 Å². The molecule has 2 atom stereocenters. The summed E-state index contributed by atoms with van der Waals surface area (Å²) in [5, 5.41) is 0. The molecule has 2 heterocycles. The molecule has 2 heteroatoms. The first-order valence-corrected chi connectivity index (χ1v) is 6.78. The molecule has 0 aromatic heterocycles. The highest BCUT2D eigenvalue weighted by atomic mass is 16.5. The Balaban J connectivity index is 1.78. The van der Waals surface area contributed by atoms with Gasteiger partial charge in [-0.05, 0) is 49.9 Å². The molecule has 17 heavy (non-hydrogen) atoms. The maximum absolute atomic E-state index is 5.22. The monoisotopic (exact) mass is 231 g/mol. The van der Waals surface area contributed by atoms with Gasteiger partial charge in [0.25, 0.3) is 0 Å². The number of rotatable bonds is 2. The summed E-state index contributed by atoms with van der Waals surface area (Å²) >= 11 is 0. The van der Waals surface area contributed by atoms with Gasteiger partial charge in [0.1, 0.15) is 5.75 Å². The fourth-order valence-corrected chi connectivity index (χ4v) is 3.44. The lowest BCUT2D eigenvalue weighted by atomic mass is 10.0. The minimum Gasteiger partial charge on any atom is -0.497 e. The average Bonchev–Trinajstić information content (AvgIpc) is 2.83. The van der Waals surface area contributed by atoms with Gasteiger partial charge in [-0.3, -0.25) is 4.90 Å². The number of methoxy groups -OCH3 is 1. The van der Waals surface area contributed by atoms with Crippen LogP contribution >= 0.6 is 0 Å². The zero-order valence-corrected chi connectivity index (χ0v) is 10.6. The Hall–Kier alpha value is -1.02. The van der Waals surface area contributed by atoms with E-state index < -0.39 is 0 Å². The van der Waals surface area contributed by atoms with E-state index >= 15 is 0 Å². The quantitative estimate of drug-likeness (QED) is 0.773. The lowest BCUT2D eigenvalue weighted by Crippen LogP contribution is -2.35. The van der Waals surface area contributed by atoms with E-state index in [0.717, 1.165) is 11.8 Å². The van der Waals surface area contributed by atoms with Gasteiger partial charge in [-0.15, -0.1) is 0 Å². The van der Waals surface area contributed by atoms with E-state index in [1.54, 1.807) is 7.11 Å². The van der Waals surface area contributed by atoms with Crippen LogP contribution in [0.3, 0.4) is 0 Å². The molecule has 2 nitrogen and oxygen atoms in total. The van der Waals surface area contributed by atoms with E-state index in [-0.39, 0.29) is 0 Å². The van der Waals surface area contributed by atoms with Crippen molar-refractivity contribution in [3.05, 3.63) is 29.8 Å². The van der Waals surface area contributed by atoms with Crippen LogP contribution in [0.2, 0.25) is 0 Å². The molecule has 92 valence electrons. The number of hydrogen-bond acceptors (Lipinski definition) is 2. The van der Waals surface area contributed by atoms with Crippen molar-refractivity contribution in [2.24, 2.45) is 0 Å². The molecule has 2 saturated heterocycles. The smallest absolute Gasteiger partial charge is 0.118 e. The summed E-state index contributed by atoms with van der Waals surface area (Å²) in [7, 11) is 1.73. The highest BCUT2D eigenvalue weighted by molar-refractivity contribution is 5.29. The van der Waals surface area contributed by atoms with Crippen LogP contribution in [-0.4, -0.2) is 24.6 Å². The third-order valence-electron chi connectivity index (χ3n) is 4.35. The molecule has 2 aliphatic heterocycles. The molecule has 3 rings (SSSR count). The van der Waals surface area contributed by atoms with Crippen LogP contribution in [0.25, 0.3) is 0 Å². The molecular weight excluding hydrogens is 210 g/mol. The first-order chi connectivity index (χ1) is 8.38. The van der Waals surface area contributed by atoms with E-state index in [1.165, 1.54) is 44.2 Å². The van der Waals surface area contributed by atoms with Gasteiger partial charge in [-0.2, -0.15) is 0 Å². The summed E-state index contributed by atoms with van der Waals surface area (Å²) in [6, 6.07) is 10.2. The fraction of sp³-hybridized carbons (Fsp3) is 0.600. The van der Waals surface area contributed by atoms with Crippen molar-refractivity contribution in [1.29, 1.82) is 0 Å². The zero-order chi connectivity index (χ0) is 11.7. The standard InChI is InChI=1S/C15H21NO/c1-17-14-8-5-12(6-9-14)15-10-7-13-4-2-3-11-16(13)15/h5-6,8-9,13,15H,2-4,7,10-11H2,1H3/t13-,15-/m1/s1. The van der Waals surface area contributed by atoms with Crippen LogP contribution in [0.4, 0.5) is 0 Å². The minimum atomic E-state index is 0.659. The second kappa shape index (κ2) is 4.69. The molecule has 0 saturated carbocycles. The third kappa shape index (κ3) is 2.06.